The summed E-state index contributed by atoms with van der Waals surface area (Å²) in [5, 5.41) is 63.6. The molecule has 4 fully saturated rings. The van der Waals surface area contributed by atoms with Crippen LogP contribution in [0.15, 0.2) is 235 Å². The molecular weight excluding hydrogens is 1990 g/mol. The van der Waals surface area contributed by atoms with E-state index in [2.05, 4.69) is 58.6 Å². The highest BCUT2D eigenvalue weighted by molar-refractivity contribution is 7.10. The average Bonchev–Trinajstić information content (AvgIpc) is 1.69. The van der Waals surface area contributed by atoms with E-state index in [0.717, 1.165) is 124 Å². The number of amides is 4. The zero-order chi connectivity index (χ0) is 108. The maximum absolute atomic E-state index is 13.7. The molecule has 7 unspecified atom stereocenters. The Balaban J connectivity index is 0.000000189. The SMILES string of the molecule is CC(C)(C)OC(=O)NC(Cc1ccccc1)C1CO1.COC(=O)c1cc(C)cc(C(=O)O)c1.Cc1cc(C(=O)NC(Cc2ccccc2)C(O)CNCc2cccc(C(F)(F)F)c2)cc(C(=O)N2CCCC2c2nc(C)cs2)c1.Cc1cc(C(=O)O)cc(C(=O)N2CCC[C@@H]2c2nc(C)cs2)c1.Cc1csc([C@H]2CCCN2)n1.NC(Cc1ccccc1)C(O)CNCc1cccc(C(F)(F)F)c1.NCc1cccc(C(F)(F)F)c1. The Hall–Kier alpha value is -13.0. The first-order valence-corrected chi connectivity index (χ1v) is 51.1. The van der Waals surface area contributed by atoms with Gasteiger partial charge in [0.25, 0.3) is 17.7 Å². The number of alkyl carbamates (subject to hydrolysis) is 1. The highest BCUT2D eigenvalue weighted by Gasteiger charge is 2.39. The van der Waals surface area contributed by atoms with Gasteiger partial charge in [-0.3, -0.25) is 14.4 Å². The number of hydrogen-bond donors (Lipinski definition) is 11. The first kappa shape index (κ1) is 118. The van der Waals surface area contributed by atoms with Crippen LogP contribution in [0.3, 0.4) is 0 Å². The monoisotopic (exact) mass is 2120 g/mol. The van der Waals surface area contributed by atoms with Gasteiger partial charge in [-0.2, -0.15) is 39.5 Å². The number of nitrogens with zero attached hydrogens (tertiary/aromatic N) is 5. The second-order valence-corrected chi connectivity index (χ2v) is 40.1. The summed E-state index contributed by atoms with van der Waals surface area (Å²) in [5.74, 6) is -3.32. The van der Waals surface area contributed by atoms with Crippen LogP contribution in [-0.4, -0.2) is 175 Å². The highest BCUT2D eigenvalue weighted by atomic mass is 32.1. The molecule has 7 heterocycles. The standard InChI is InChI=1S/C35H37F3N4O3S.C18H21F3N2O.C17H18N2O3S.C15H21NO3.C10H10O4.C8H8F3N.C8H12N2S/c1-22-14-26(18-27(15-22)34(45)42-13-7-12-30(42)33-40-23(2)21-46-33)32(44)41-29(17-24-8-4-3-5-9-24)31(43)20-39-19-25-10-6-11-28(16-25)35(36,37)38;19-18(20,21)15-8-4-7-14(9-15)11-23-12-17(24)16(22)10-13-5-2-1-3-6-13;1-10-6-12(8-13(7-10)17(21)22)16(20)19-5-3-4-14(19)15-18-11(2)9-23-15;1-15(2,3)19-14(17)16-12(13-10-18-13)9-11-7-5-4-6-8-11;1-6-3-7(9(11)12)5-8(4-6)10(13)14-2;9-8(10,11)7-3-1-2-6(4-7)5-12;1-6-5-11-8(10-6)7-3-2-4-9-7/h3-6,8-11,14-16,18,21,29-31,39,43H,7,12-13,17,19-20H2,1-2H3,(H,41,44);1-9,16-17,23-24H,10-12,22H2;6-9,14H,3-5H2,1-2H3,(H,21,22);4-8,12-13H,9-10H2,1-3H3,(H,16,17);3-5H,1-2H3,(H,11,12);1-4H,5,12H2;5,7,9H,2-4H2,1H3/t;;14-;;;;7-/m..1...1/s1. The molecule has 0 saturated carbocycles. The highest BCUT2D eigenvalue weighted by Crippen LogP contribution is 2.39. The molecule has 4 saturated heterocycles. The molecule has 12 aromatic rings. The summed E-state index contributed by atoms with van der Waals surface area (Å²) in [6, 6.07) is 57.6. The molecule has 4 aliphatic rings. The summed E-state index contributed by atoms with van der Waals surface area (Å²) in [7, 11) is 1.26. The fraction of sp³-hybridized carbons (Fsp3) is 0.369. The van der Waals surface area contributed by atoms with Gasteiger partial charge in [0, 0.05) is 102 Å². The van der Waals surface area contributed by atoms with Crippen molar-refractivity contribution >= 4 is 75.7 Å². The van der Waals surface area contributed by atoms with Crippen LogP contribution in [0.1, 0.15) is 238 Å². The molecule has 16 rings (SSSR count). The van der Waals surface area contributed by atoms with Gasteiger partial charge < -0.3 is 82.5 Å². The predicted octanol–water partition coefficient (Wildman–Crippen LogP) is 20.5. The average molecular weight is 2120 g/mol. The lowest BCUT2D eigenvalue weighted by atomic mass is 9.99. The number of nitrogens with two attached hydrogens (primary N) is 2. The van der Waals surface area contributed by atoms with E-state index in [1.807, 2.05) is 153 Å². The van der Waals surface area contributed by atoms with Crippen LogP contribution in [-0.2, 0) is 71.6 Å². The van der Waals surface area contributed by atoms with Gasteiger partial charge in [-0.15, -0.1) is 34.0 Å². The number of carboxylic acids is 2. The number of aliphatic hydroxyl groups excluding tert-OH is 2. The van der Waals surface area contributed by atoms with E-state index in [9.17, 15) is 88.4 Å². The summed E-state index contributed by atoms with van der Waals surface area (Å²) < 4.78 is 129. The minimum absolute atomic E-state index is 0.00464. The van der Waals surface area contributed by atoms with Crippen molar-refractivity contribution in [3.05, 3.63) is 367 Å². The molecular formula is C111H127F9N12O14S3. The van der Waals surface area contributed by atoms with E-state index < -0.39 is 88.9 Å². The lowest BCUT2D eigenvalue weighted by Gasteiger charge is -2.26. The van der Waals surface area contributed by atoms with Crippen molar-refractivity contribution in [2.24, 2.45) is 11.5 Å². The van der Waals surface area contributed by atoms with Crippen molar-refractivity contribution in [1.29, 1.82) is 0 Å². The minimum atomic E-state index is -4.45. The number of hydrogen-bond acceptors (Lipinski definition) is 23. The molecule has 9 aromatic carbocycles. The molecule has 13 N–H and O–H groups in total. The maximum atomic E-state index is 13.7. The van der Waals surface area contributed by atoms with Crippen molar-refractivity contribution in [3.63, 3.8) is 0 Å². The molecule has 0 aliphatic carbocycles. The zero-order valence-electron chi connectivity index (χ0n) is 84.3. The number of carbonyl (C=O) groups excluding carboxylic acids is 5. The normalized spacial score (nSPS) is 16.2. The first-order valence-electron chi connectivity index (χ1n) is 48.4. The number of aromatic nitrogens is 3. The van der Waals surface area contributed by atoms with Crippen LogP contribution < -0.4 is 38.1 Å². The van der Waals surface area contributed by atoms with Gasteiger partial charge in [-0.25, -0.2) is 34.1 Å². The second-order valence-electron chi connectivity index (χ2n) is 37.4. The number of thiazole rings is 3. The Kier molecular flexibility index (Phi) is 44.3. The number of aromatic carboxylic acids is 2. The van der Waals surface area contributed by atoms with Crippen molar-refractivity contribution in [2.45, 2.75) is 218 Å². The van der Waals surface area contributed by atoms with E-state index in [0.29, 0.717) is 77.5 Å². The summed E-state index contributed by atoms with van der Waals surface area (Å²) >= 11 is 4.90. The van der Waals surface area contributed by atoms with Gasteiger partial charge in [-0.05, 0) is 250 Å². The van der Waals surface area contributed by atoms with Gasteiger partial charge >= 0.3 is 42.5 Å². The number of epoxide rings is 1. The maximum Gasteiger partial charge on any atom is 0.416 e. The van der Waals surface area contributed by atoms with E-state index in [4.69, 9.17) is 26.0 Å². The molecule has 3 aromatic heterocycles. The summed E-state index contributed by atoms with van der Waals surface area (Å²) in [6.07, 6.45) is -7.50. The Morgan fingerprint density at radius 1 is 0.477 bits per heavy atom. The fourth-order valence-electron chi connectivity index (χ4n) is 16.5. The van der Waals surface area contributed by atoms with Crippen LogP contribution >= 0.6 is 34.0 Å². The molecule has 26 nitrogen and oxygen atoms in total. The summed E-state index contributed by atoms with van der Waals surface area (Å²) in [5.41, 5.74) is 20.1. The van der Waals surface area contributed by atoms with E-state index >= 15 is 0 Å². The lowest BCUT2D eigenvalue weighted by molar-refractivity contribution is -0.138. The minimum Gasteiger partial charge on any atom is -0.478 e. The van der Waals surface area contributed by atoms with Crippen molar-refractivity contribution in [3.8, 4) is 0 Å². The summed E-state index contributed by atoms with van der Waals surface area (Å²) in [6.45, 7) is 20.7. The smallest absolute Gasteiger partial charge is 0.416 e. The number of halogens is 9. The Labute approximate surface area is 872 Å². The first-order chi connectivity index (χ1) is 70.7. The van der Waals surface area contributed by atoms with Gasteiger partial charge in [-0.1, -0.05) is 146 Å². The van der Waals surface area contributed by atoms with E-state index in [-0.39, 0.29) is 91.6 Å². The largest absolute Gasteiger partial charge is 0.478 e. The van der Waals surface area contributed by atoms with Crippen molar-refractivity contribution in [2.75, 3.05) is 46.4 Å². The number of ether oxygens (including phenoxy) is 3. The van der Waals surface area contributed by atoms with Gasteiger partial charge in [0.15, 0.2) is 0 Å². The third-order valence-corrected chi connectivity index (χ3v) is 27.0. The van der Waals surface area contributed by atoms with Crippen molar-refractivity contribution in [1.82, 2.24) is 51.3 Å². The van der Waals surface area contributed by atoms with E-state index in [1.54, 1.807) is 102 Å². The molecule has 149 heavy (non-hydrogen) atoms. The zero-order valence-corrected chi connectivity index (χ0v) is 86.8. The number of methoxy groups -OCH3 is 1. The summed E-state index contributed by atoms with van der Waals surface area (Å²) in [4.78, 5) is 102. The third kappa shape index (κ3) is 38.5. The number of benzene rings is 9. The fourth-order valence-corrected chi connectivity index (χ4v) is 19.3. The molecule has 0 spiro atoms. The van der Waals surface area contributed by atoms with Crippen LogP contribution in [0.5, 0.6) is 0 Å². The Morgan fingerprint density at radius 2 is 0.866 bits per heavy atom. The predicted molar refractivity (Wildman–Crippen MR) is 556 cm³/mol. The van der Waals surface area contributed by atoms with Gasteiger partial charge in [0.05, 0.1) is 89.5 Å². The number of carboxylic acid groups (broad SMARTS) is 2. The molecule has 0 radical (unpaired) electrons. The number of likely N-dealkylation sites (tertiary alicyclic amines) is 2. The lowest BCUT2D eigenvalue weighted by Crippen LogP contribution is -2.48. The molecule has 796 valence electrons. The van der Waals surface area contributed by atoms with Crippen LogP contribution in [0.4, 0.5) is 44.3 Å². The molecule has 4 amide bonds. The molecule has 38 heteroatoms. The third-order valence-electron chi connectivity index (χ3n) is 23.8. The quantitative estimate of drug-likeness (QED) is 0.0118. The van der Waals surface area contributed by atoms with Crippen LogP contribution in [0.2, 0.25) is 0 Å². The Morgan fingerprint density at radius 3 is 1.27 bits per heavy atom. The number of carbonyl (C=O) groups is 7. The van der Waals surface area contributed by atoms with Crippen LogP contribution in [0, 0.1) is 41.5 Å². The van der Waals surface area contributed by atoms with Crippen LogP contribution in [0.25, 0.3) is 0 Å². The van der Waals surface area contributed by atoms with Gasteiger partial charge in [0.1, 0.15) is 26.7 Å². The molecule has 9 atom stereocenters. The van der Waals surface area contributed by atoms with Crippen molar-refractivity contribution < 1.29 is 108 Å². The molecule has 0 bridgehead atoms. The molecule has 4 aliphatic heterocycles. The van der Waals surface area contributed by atoms with Gasteiger partial charge in [0.2, 0.25) is 0 Å². The number of nitrogens with one attached hydrogen (secondary N) is 5. The number of alkyl halides is 9. The topological polar surface area (TPSA) is 389 Å². The second kappa shape index (κ2) is 56.0. The number of esters is 1. The Bertz CT molecular complexity index is 6360. The number of aryl methyl sites for hydroxylation is 6. The van der Waals surface area contributed by atoms with E-state index in [1.165, 1.54) is 66.9 Å². The number of rotatable bonds is 29. The number of aliphatic hydroxyl groups is 2.